The van der Waals surface area contributed by atoms with E-state index < -0.39 is 0 Å². The zero-order chi connectivity index (χ0) is 19.6. The Morgan fingerprint density at radius 2 is 2.00 bits per heavy atom. The largest absolute Gasteiger partial charge is 0.493 e. The van der Waals surface area contributed by atoms with Crippen LogP contribution in [0, 0.1) is 0 Å². The second kappa shape index (κ2) is 8.10. The average Bonchev–Trinajstić information content (AvgIpc) is 3.18. The summed E-state index contributed by atoms with van der Waals surface area (Å²) in [6, 6.07) is 3.53. The summed E-state index contributed by atoms with van der Waals surface area (Å²) in [6.45, 7) is 2.09. The van der Waals surface area contributed by atoms with Crippen LogP contribution in [0.15, 0.2) is 22.8 Å². The number of aldehydes is 1. The van der Waals surface area contributed by atoms with Gasteiger partial charge in [-0.1, -0.05) is 0 Å². The predicted octanol–water partition coefficient (Wildman–Crippen LogP) is 3.76. The van der Waals surface area contributed by atoms with Gasteiger partial charge in [0, 0.05) is 21.1 Å². The number of halogens is 1. The molecule has 0 saturated carbocycles. The van der Waals surface area contributed by atoms with E-state index >= 15 is 0 Å². The summed E-state index contributed by atoms with van der Waals surface area (Å²) < 4.78 is 18.0. The zero-order valence-electron chi connectivity index (χ0n) is 14.9. The van der Waals surface area contributed by atoms with Crippen molar-refractivity contribution in [2.24, 2.45) is 0 Å². The van der Waals surface area contributed by atoms with Crippen molar-refractivity contribution in [2.75, 3.05) is 20.8 Å². The second-order valence-electron chi connectivity index (χ2n) is 5.48. The van der Waals surface area contributed by atoms with E-state index in [2.05, 4.69) is 20.9 Å². The Morgan fingerprint density at radius 1 is 1.30 bits per heavy atom. The molecule has 27 heavy (non-hydrogen) atoms. The number of benzene rings is 1. The van der Waals surface area contributed by atoms with Gasteiger partial charge in [0.25, 0.3) is 0 Å². The van der Waals surface area contributed by atoms with Gasteiger partial charge >= 0.3 is 5.97 Å². The molecule has 2 aromatic heterocycles. The summed E-state index contributed by atoms with van der Waals surface area (Å²) in [5.41, 5.74) is 1.62. The molecule has 0 aliphatic heterocycles. The lowest BCUT2D eigenvalue weighted by molar-refractivity contribution is -0.142. The molecular formula is C18H17BrN2O5S. The number of imidazole rings is 1. The molecule has 0 N–H and O–H groups in total. The van der Waals surface area contributed by atoms with E-state index in [1.54, 1.807) is 43.9 Å². The van der Waals surface area contributed by atoms with E-state index in [0.717, 1.165) is 15.6 Å². The van der Waals surface area contributed by atoms with Crippen molar-refractivity contribution >= 4 is 44.5 Å². The number of ether oxygens (including phenoxy) is 3. The number of hydrogen-bond donors (Lipinski definition) is 0. The lowest BCUT2D eigenvalue weighted by atomic mass is 10.1. The van der Waals surface area contributed by atoms with Crippen molar-refractivity contribution in [2.45, 2.75) is 13.3 Å². The molecule has 0 amide bonds. The molecule has 9 heteroatoms. The fraction of sp³-hybridized carbons (Fsp3) is 0.278. The quantitative estimate of drug-likeness (QED) is 0.401. The summed E-state index contributed by atoms with van der Waals surface area (Å²) >= 11 is 4.84. The first kappa shape index (κ1) is 19.4. The van der Waals surface area contributed by atoms with Crippen LogP contribution in [0.1, 0.15) is 22.3 Å². The molecule has 2 heterocycles. The minimum atomic E-state index is -0.308. The van der Waals surface area contributed by atoms with Crippen LogP contribution in [0.2, 0.25) is 0 Å². The Kier molecular flexibility index (Phi) is 5.81. The highest BCUT2D eigenvalue weighted by atomic mass is 79.9. The maximum atomic E-state index is 11.8. The number of rotatable bonds is 7. The smallest absolute Gasteiger partial charge is 0.311 e. The first-order chi connectivity index (χ1) is 13.0. The predicted molar refractivity (Wildman–Crippen MR) is 105 cm³/mol. The fourth-order valence-electron chi connectivity index (χ4n) is 2.69. The van der Waals surface area contributed by atoms with Crippen LogP contribution < -0.4 is 9.47 Å². The molecule has 0 aliphatic rings. The fourth-order valence-corrected chi connectivity index (χ4v) is 4.17. The molecule has 0 fully saturated rings. The third-order valence-electron chi connectivity index (χ3n) is 3.88. The molecule has 0 radical (unpaired) electrons. The van der Waals surface area contributed by atoms with Crippen molar-refractivity contribution in [3.8, 4) is 22.8 Å². The van der Waals surface area contributed by atoms with E-state index in [4.69, 9.17) is 14.2 Å². The van der Waals surface area contributed by atoms with Crippen molar-refractivity contribution in [1.82, 2.24) is 9.38 Å². The molecule has 0 spiro atoms. The number of methoxy groups -OCH3 is 2. The molecule has 3 aromatic rings. The summed E-state index contributed by atoms with van der Waals surface area (Å²) in [7, 11) is 3.10. The molecule has 7 nitrogen and oxygen atoms in total. The molecule has 0 atom stereocenters. The van der Waals surface area contributed by atoms with Crippen LogP contribution in [0.3, 0.4) is 0 Å². The standard InChI is InChI=1S/C18H17BrN2O5S/c1-4-26-16(23)5-10-8-21-13(9-22)17(20-18(21)27-10)11-6-14(24-2)15(25-3)7-12(11)19/h6-9H,4-5H2,1-3H3. The van der Waals surface area contributed by atoms with Gasteiger partial charge in [-0.05, 0) is 35.0 Å². The lowest BCUT2D eigenvalue weighted by Gasteiger charge is -2.11. The van der Waals surface area contributed by atoms with E-state index in [-0.39, 0.29) is 12.4 Å². The Hall–Kier alpha value is -2.39. The van der Waals surface area contributed by atoms with Crippen LogP contribution >= 0.6 is 27.3 Å². The minimum Gasteiger partial charge on any atom is -0.493 e. The van der Waals surface area contributed by atoms with Crippen LogP contribution in [0.4, 0.5) is 0 Å². The van der Waals surface area contributed by atoms with Gasteiger partial charge in [-0.3, -0.25) is 14.0 Å². The minimum absolute atomic E-state index is 0.148. The maximum Gasteiger partial charge on any atom is 0.311 e. The topological polar surface area (TPSA) is 79.1 Å². The summed E-state index contributed by atoms with van der Waals surface area (Å²) in [5.74, 6) is 0.794. The van der Waals surface area contributed by atoms with Gasteiger partial charge in [0.1, 0.15) is 11.4 Å². The molecule has 0 aliphatic carbocycles. The zero-order valence-corrected chi connectivity index (χ0v) is 17.3. The van der Waals surface area contributed by atoms with Gasteiger partial charge < -0.3 is 14.2 Å². The molecule has 0 saturated heterocycles. The normalized spacial score (nSPS) is 10.8. The van der Waals surface area contributed by atoms with Crippen molar-refractivity contribution in [3.05, 3.63) is 33.4 Å². The first-order valence-electron chi connectivity index (χ1n) is 8.05. The van der Waals surface area contributed by atoms with Crippen molar-refractivity contribution in [1.29, 1.82) is 0 Å². The Bertz CT molecular complexity index is 1010. The van der Waals surface area contributed by atoms with Crippen molar-refractivity contribution < 1.29 is 23.8 Å². The number of thiazole rings is 1. The number of fused-ring (bicyclic) bond motifs is 1. The molecule has 1 aromatic carbocycles. The third-order valence-corrected chi connectivity index (χ3v) is 5.51. The van der Waals surface area contributed by atoms with Gasteiger partial charge in [-0.2, -0.15) is 0 Å². The average molecular weight is 453 g/mol. The van der Waals surface area contributed by atoms with Gasteiger partial charge in [0.2, 0.25) is 0 Å². The van der Waals surface area contributed by atoms with E-state index in [0.29, 0.717) is 40.0 Å². The van der Waals surface area contributed by atoms with E-state index in [9.17, 15) is 9.59 Å². The SMILES string of the molecule is CCOC(=O)Cc1cn2c(C=O)c(-c3cc(OC)c(OC)cc3Br)nc2s1. The highest BCUT2D eigenvalue weighted by molar-refractivity contribution is 9.10. The van der Waals surface area contributed by atoms with E-state index in [1.807, 2.05) is 0 Å². The molecule has 0 bridgehead atoms. The highest BCUT2D eigenvalue weighted by Gasteiger charge is 2.21. The van der Waals surface area contributed by atoms with Gasteiger partial charge in [-0.15, -0.1) is 11.3 Å². The number of carbonyl (C=O) groups excluding carboxylic acids is 2. The Morgan fingerprint density at radius 3 is 2.63 bits per heavy atom. The number of hydrogen-bond acceptors (Lipinski definition) is 7. The van der Waals surface area contributed by atoms with Crippen LogP contribution in [-0.4, -0.2) is 42.5 Å². The van der Waals surface area contributed by atoms with Crippen molar-refractivity contribution in [3.63, 3.8) is 0 Å². The highest BCUT2D eigenvalue weighted by Crippen LogP contribution is 2.39. The number of carbonyl (C=O) groups is 2. The lowest BCUT2D eigenvalue weighted by Crippen LogP contribution is -2.06. The van der Waals surface area contributed by atoms with Crippen LogP contribution in [0.25, 0.3) is 16.2 Å². The Balaban J connectivity index is 2.07. The second-order valence-corrected chi connectivity index (χ2v) is 7.43. The van der Waals surface area contributed by atoms with Gasteiger partial charge in [0.05, 0.1) is 27.2 Å². The maximum absolute atomic E-state index is 11.8. The summed E-state index contributed by atoms with van der Waals surface area (Å²) in [4.78, 5) is 29.4. The first-order valence-corrected chi connectivity index (χ1v) is 9.66. The van der Waals surface area contributed by atoms with E-state index in [1.165, 1.54) is 11.3 Å². The third kappa shape index (κ3) is 3.70. The van der Waals surface area contributed by atoms with Gasteiger partial charge in [-0.25, -0.2) is 4.98 Å². The molecule has 3 rings (SSSR count). The molecular weight excluding hydrogens is 436 g/mol. The summed E-state index contributed by atoms with van der Waals surface area (Å²) in [6.07, 6.45) is 2.64. The molecule has 0 unspecified atom stereocenters. The van der Waals surface area contributed by atoms with Crippen LogP contribution in [0.5, 0.6) is 11.5 Å². The number of esters is 1. The number of nitrogens with zero attached hydrogens (tertiary/aromatic N) is 2. The molecule has 142 valence electrons. The monoisotopic (exact) mass is 452 g/mol. The van der Waals surface area contributed by atoms with Crippen LogP contribution in [-0.2, 0) is 16.0 Å². The number of aromatic nitrogens is 2. The summed E-state index contributed by atoms with van der Waals surface area (Å²) in [5, 5.41) is 0. The Labute approximate surface area is 168 Å². The van der Waals surface area contributed by atoms with Gasteiger partial charge in [0.15, 0.2) is 22.7 Å².